The van der Waals surface area contributed by atoms with Crippen LogP contribution in [0.15, 0.2) is 36.5 Å². The molecule has 0 amide bonds. The molecule has 1 aromatic carbocycles. The number of nitrogens with one attached hydrogen (secondary N) is 1. The van der Waals surface area contributed by atoms with E-state index in [0.29, 0.717) is 5.82 Å². The van der Waals surface area contributed by atoms with Crippen molar-refractivity contribution in [2.24, 2.45) is 0 Å². The third kappa shape index (κ3) is 3.12. The lowest BCUT2D eigenvalue weighted by Gasteiger charge is -2.18. The quantitative estimate of drug-likeness (QED) is 0.883. The van der Waals surface area contributed by atoms with Gasteiger partial charge in [0.1, 0.15) is 5.82 Å². The van der Waals surface area contributed by atoms with E-state index in [1.165, 1.54) is 16.7 Å². The van der Waals surface area contributed by atoms with Crippen LogP contribution in [0.3, 0.4) is 0 Å². The van der Waals surface area contributed by atoms with Gasteiger partial charge in [0.2, 0.25) is 0 Å². The molecular formula is C16H21N3. The number of pyridine rings is 1. The second kappa shape index (κ2) is 5.85. The Hall–Kier alpha value is -1.87. The van der Waals surface area contributed by atoms with Gasteiger partial charge in [-0.2, -0.15) is 0 Å². The fourth-order valence-corrected chi connectivity index (χ4v) is 2.26. The molecule has 0 fully saturated rings. The molecule has 1 aromatic heterocycles. The molecule has 1 heterocycles. The minimum atomic E-state index is 0.191. The van der Waals surface area contributed by atoms with E-state index in [4.69, 9.17) is 5.73 Å². The number of likely N-dealkylation sites (N-methyl/N-ethyl adjacent to an activating group) is 1. The first kappa shape index (κ1) is 13.6. The van der Waals surface area contributed by atoms with Crippen LogP contribution in [-0.4, -0.2) is 12.0 Å². The molecule has 0 bridgehead atoms. The molecule has 3 N–H and O–H groups in total. The molecule has 0 aliphatic rings. The highest BCUT2D eigenvalue weighted by Crippen LogP contribution is 2.22. The Morgan fingerprint density at radius 1 is 1.21 bits per heavy atom. The molecule has 1 unspecified atom stereocenters. The van der Waals surface area contributed by atoms with Crippen LogP contribution in [0.5, 0.6) is 0 Å². The smallest absolute Gasteiger partial charge is 0.128 e. The van der Waals surface area contributed by atoms with E-state index >= 15 is 0 Å². The van der Waals surface area contributed by atoms with Gasteiger partial charge < -0.3 is 11.1 Å². The summed E-state index contributed by atoms with van der Waals surface area (Å²) in [6.07, 6.45) is 2.63. The lowest BCUT2D eigenvalue weighted by molar-refractivity contribution is 0.592. The third-order valence-electron chi connectivity index (χ3n) is 3.61. The van der Waals surface area contributed by atoms with E-state index in [2.05, 4.69) is 42.3 Å². The minimum absolute atomic E-state index is 0.191. The highest BCUT2D eigenvalue weighted by molar-refractivity contribution is 5.42. The van der Waals surface area contributed by atoms with Crippen molar-refractivity contribution < 1.29 is 0 Å². The molecule has 2 aromatic rings. The first-order valence-electron chi connectivity index (χ1n) is 6.55. The van der Waals surface area contributed by atoms with Gasteiger partial charge in [0.05, 0.1) is 0 Å². The van der Waals surface area contributed by atoms with Crippen LogP contribution >= 0.6 is 0 Å². The predicted octanol–water partition coefficient (Wildman–Crippen LogP) is 2.78. The lowest BCUT2D eigenvalue weighted by Crippen LogP contribution is -2.20. The largest absolute Gasteiger partial charge is 0.383 e. The van der Waals surface area contributed by atoms with E-state index in [1.54, 1.807) is 6.20 Å². The van der Waals surface area contributed by atoms with Crippen LogP contribution in [0.25, 0.3) is 0 Å². The lowest BCUT2D eigenvalue weighted by atomic mass is 9.97. The summed E-state index contributed by atoms with van der Waals surface area (Å²) >= 11 is 0. The first-order valence-corrected chi connectivity index (χ1v) is 6.55. The first-order chi connectivity index (χ1) is 9.11. The van der Waals surface area contributed by atoms with Gasteiger partial charge in [0, 0.05) is 17.8 Å². The maximum atomic E-state index is 5.95. The summed E-state index contributed by atoms with van der Waals surface area (Å²) in [5.74, 6) is 0.602. The number of aromatic nitrogens is 1. The fourth-order valence-electron chi connectivity index (χ4n) is 2.26. The second-order valence-electron chi connectivity index (χ2n) is 4.94. The number of hydrogen-bond donors (Lipinski definition) is 2. The van der Waals surface area contributed by atoms with Gasteiger partial charge in [0.25, 0.3) is 0 Å². The van der Waals surface area contributed by atoms with Crippen LogP contribution in [-0.2, 0) is 6.42 Å². The van der Waals surface area contributed by atoms with Crippen molar-refractivity contribution in [1.82, 2.24) is 10.3 Å². The summed E-state index contributed by atoms with van der Waals surface area (Å²) in [5.41, 5.74) is 11.0. The van der Waals surface area contributed by atoms with Gasteiger partial charge in [-0.3, -0.25) is 0 Å². The SMILES string of the molecule is CNC(Cc1ccc(C)c(C)c1)c1cccnc1N. The van der Waals surface area contributed by atoms with Crippen LogP contribution in [0, 0.1) is 13.8 Å². The average molecular weight is 255 g/mol. The Morgan fingerprint density at radius 3 is 2.63 bits per heavy atom. The Labute approximate surface area is 114 Å². The maximum absolute atomic E-state index is 5.95. The zero-order valence-corrected chi connectivity index (χ0v) is 11.8. The molecule has 0 radical (unpaired) electrons. The summed E-state index contributed by atoms with van der Waals surface area (Å²) in [7, 11) is 1.96. The number of rotatable bonds is 4. The predicted molar refractivity (Wildman–Crippen MR) is 80.1 cm³/mol. The van der Waals surface area contributed by atoms with Gasteiger partial charge in [0.15, 0.2) is 0 Å². The summed E-state index contributed by atoms with van der Waals surface area (Å²) in [4.78, 5) is 4.16. The minimum Gasteiger partial charge on any atom is -0.383 e. The van der Waals surface area contributed by atoms with Gasteiger partial charge >= 0.3 is 0 Å². The molecule has 3 nitrogen and oxygen atoms in total. The van der Waals surface area contributed by atoms with Crippen molar-refractivity contribution in [1.29, 1.82) is 0 Å². The number of benzene rings is 1. The zero-order valence-electron chi connectivity index (χ0n) is 11.8. The fraction of sp³-hybridized carbons (Fsp3) is 0.312. The zero-order chi connectivity index (χ0) is 13.8. The molecule has 100 valence electrons. The number of nitrogen functional groups attached to an aromatic ring is 1. The normalized spacial score (nSPS) is 12.4. The standard InChI is InChI=1S/C16H21N3/c1-11-6-7-13(9-12(11)2)10-15(18-3)14-5-4-8-19-16(14)17/h4-9,15,18H,10H2,1-3H3,(H2,17,19). The van der Waals surface area contributed by atoms with Crippen LogP contribution in [0.4, 0.5) is 5.82 Å². The average Bonchev–Trinajstić information content (AvgIpc) is 2.41. The van der Waals surface area contributed by atoms with Crippen LogP contribution < -0.4 is 11.1 Å². The van der Waals surface area contributed by atoms with E-state index in [0.717, 1.165) is 12.0 Å². The molecule has 0 spiro atoms. The number of nitrogens with zero attached hydrogens (tertiary/aromatic N) is 1. The van der Waals surface area contributed by atoms with Crippen molar-refractivity contribution in [3.63, 3.8) is 0 Å². The molecular weight excluding hydrogens is 234 g/mol. The molecule has 0 saturated heterocycles. The highest BCUT2D eigenvalue weighted by Gasteiger charge is 2.13. The second-order valence-corrected chi connectivity index (χ2v) is 4.94. The molecule has 3 heteroatoms. The Kier molecular flexibility index (Phi) is 4.17. The molecule has 2 rings (SSSR count). The van der Waals surface area contributed by atoms with Crippen LogP contribution in [0.1, 0.15) is 28.3 Å². The third-order valence-corrected chi connectivity index (χ3v) is 3.61. The Balaban J connectivity index is 2.24. The van der Waals surface area contributed by atoms with Crippen molar-refractivity contribution in [2.75, 3.05) is 12.8 Å². The Morgan fingerprint density at radius 2 is 2.00 bits per heavy atom. The summed E-state index contributed by atoms with van der Waals surface area (Å²) < 4.78 is 0. The summed E-state index contributed by atoms with van der Waals surface area (Å²) in [5, 5.41) is 3.32. The van der Waals surface area contributed by atoms with Gasteiger partial charge in [-0.25, -0.2) is 4.98 Å². The molecule has 19 heavy (non-hydrogen) atoms. The van der Waals surface area contributed by atoms with Crippen molar-refractivity contribution >= 4 is 5.82 Å². The molecule has 0 aliphatic heterocycles. The molecule has 0 saturated carbocycles. The highest BCUT2D eigenvalue weighted by atomic mass is 14.9. The van der Waals surface area contributed by atoms with Crippen molar-refractivity contribution in [3.05, 3.63) is 58.8 Å². The van der Waals surface area contributed by atoms with Gasteiger partial charge in [-0.1, -0.05) is 24.3 Å². The van der Waals surface area contributed by atoms with E-state index < -0.39 is 0 Å². The summed E-state index contributed by atoms with van der Waals surface area (Å²) in [6, 6.07) is 10.7. The topological polar surface area (TPSA) is 50.9 Å². The van der Waals surface area contributed by atoms with E-state index in [-0.39, 0.29) is 6.04 Å². The van der Waals surface area contributed by atoms with E-state index in [1.807, 2.05) is 19.2 Å². The Bertz CT molecular complexity index is 564. The number of aryl methyl sites for hydroxylation is 2. The number of nitrogens with two attached hydrogens (primary N) is 1. The van der Waals surface area contributed by atoms with Gasteiger partial charge in [-0.05, 0) is 50.1 Å². The monoisotopic (exact) mass is 255 g/mol. The summed E-state index contributed by atoms with van der Waals surface area (Å²) in [6.45, 7) is 4.28. The van der Waals surface area contributed by atoms with Gasteiger partial charge in [-0.15, -0.1) is 0 Å². The maximum Gasteiger partial charge on any atom is 0.128 e. The number of anilines is 1. The molecule has 1 atom stereocenters. The number of hydrogen-bond acceptors (Lipinski definition) is 3. The molecule has 0 aliphatic carbocycles. The van der Waals surface area contributed by atoms with Crippen LogP contribution in [0.2, 0.25) is 0 Å². The van der Waals surface area contributed by atoms with Crippen molar-refractivity contribution in [2.45, 2.75) is 26.3 Å². The van der Waals surface area contributed by atoms with Crippen molar-refractivity contribution in [3.8, 4) is 0 Å². The van der Waals surface area contributed by atoms with E-state index in [9.17, 15) is 0 Å².